The van der Waals surface area contributed by atoms with Crippen molar-refractivity contribution in [3.05, 3.63) is 81.8 Å². The Balaban J connectivity index is 1.34. The molecule has 0 bridgehead atoms. The van der Waals surface area contributed by atoms with Crippen molar-refractivity contribution in [2.24, 2.45) is 5.92 Å². The first-order chi connectivity index (χ1) is 18.9. The topological polar surface area (TPSA) is 75.1 Å². The third-order valence-corrected chi connectivity index (χ3v) is 8.01. The summed E-state index contributed by atoms with van der Waals surface area (Å²) in [7, 11) is 4.05. The zero-order valence-corrected chi connectivity index (χ0v) is 23.2. The molecule has 2 N–H and O–H groups in total. The minimum absolute atomic E-state index is 0.00510. The Hall–Kier alpha value is -3.55. The van der Waals surface area contributed by atoms with Crippen LogP contribution in [0.1, 0.15) is 41.9 Å². The molecule has 39 heavy (non-hydrogen) atoms. The van der Waals surface area contributed by atoms with Crippen molar-refractivity contribution in [2.75, 3.05) is 39.0 Å². The first kappa shape index (κ1) is 25.7. The van der Waals surface area contributed by atoms with E-state index in [2.05, 4.69) is 69.9 Å². The van der Waals surface area contributed by atoms with E-state index >= 15 is 0 Å². The van der Waals surface area contributed by atoms with Crippen molar-refractivity contribution in [1.82, 2.24) is 24.8 Å². The average Bonchev–Trinajstić information content (AvgIpc) is 3.65. The number of fused-ring (bicyclic) bond motifs is 1. The first-order valence-electron chi connectivity index (χ1n) is 14.2. The summed E-state index contributed by atoms with van der Waals surface area (Å²) in [6.07, 6.45) is 6.56. The Bertz CT molecular complexity index is 1530. The highest BCUT2D eigenvalue weighted by molar-refractivity contribution is 5.83. The van der Waals surface area contributed by atoms with Crippen LogP contribution in [0.25, 0.3) is 22.2 Å². The number of likely N-dealkylation sites (N-methyl/N-ethyl adjacent to an activating group) is 1. The quantitative estimate of drug-likeness (QED) is 0.319. The fourth-order valence-electron chi connectivity index (χ4n) is 5.65. The van der Waals surface area contributed by atoms with Gasteiger partial charge >= 0.3 is 0 Å². The maximum atomic E-state index is 14.0. The van der Waals surface area contributed by atoms with E-state index in [4.69, 9.17) is 4.98 Å². The number of anilines is 2. The molecule has 1 saturated carbocycles. The van der Waals surface area contributed by atoms with Crippen molar-refractivity contribution in [2.45, 2.75) is 45.1 Å². The third kappa shape index (κ3) is 5.75. The molecule has 3 heterocycles. The molecule has 0 spiro atoms. The summed E-state index contributed by atoms with van der Waals surface area (Å²) in [6.45, 7) is 5.65. The van der Waals surface area contributed by atoms with Gasteiger partial charge in [-0.1, -0.05) is 35.9 Å². The van der Waals surface area contributed by atoms with Crippen molar-refractivity contribution in [3.8, 4) is 11.1 Å². The monoisotopic (exact) mass is 522 g/mol. The molecule has 0 radical (unpaired) electrons. The molecule has 0 amide bonds. The number of rotatable bonds is 9. The van der Waals surface area contributed by atoms with Gasteiger partial charge in [0.05, 0.1) is 0 Å². The molecule has 2 aromatic carbocycles. The molecule has 1 unspecified atom stereocenters. The van der Waals surface area contributed by atoms with Crippen LogP contribution < -0.4 is 16.2 Å². The van der Waals surface area contributed by atoms with Crippen LogP contribution >= 0.6 is 0 Å². The van der Waals surface area contributed by atoms with Gasteiger partial charge < -0.3 is 15.5 Å². The fraction of sp³-hybridized carbons (Fsp3) is 0.406. The predicted octanol–water partition coefficient (Wildman–Crippen LogP) is 5.10. The molecular formula is C32H38N6O. The van der Waals surface area contributed by atoms with Gasteiger partial charge in [0.1, 0.15) is 5.65 Å². The Morgan fingerprint density at radius 2 is 1.87 bits per heavy atom. The van der Waals surface area contributed by atoms with E-state index in [0.717, 1.165) is 54.2 Å². The lowest BCUT2D eigenvalue weighted by molar-refractivity contribution is 0.384. The summed E-state index contributed by atoms with van der Waals surface area (Å²) in [6, 6.07) is 17.0. The van der Waals surface area contributed by atoms with E-state index in [1.165, 1.54) is 36.0 Å². The Kier molecular flexibility index (Phi) is 7.19. The van der Waals surface area contributed by atoms with Crippen LogP contribution in [0.15, 0.2) is 59.5 Å². The molecule has 4 aromatic rings. The maximum absolute atomic E-state index is 14.0. The normalized spacial score (nSPS) is 17.3. The lowest BCUT2D eigenvalue weighted by Gasteiger charge is -2.17. The summed E-state index contributed by atoms with van der Waals surface area (Å²) in [4.78, 5) is 25.6. The molecule has 1 aliphatic carbocycles. The van der Waals surface area contributed by atoms with Gasteiger partial charge in [-0.2, -0.15) is 4.98 Å². The van der Waals surface area contributed by atoms with Gasteiger partial charge in [-0.15, -0.1) is 0 Å². The second-order valence-electron chi connectivity index (χ2n) is 11.5. The summed E-state index contributed by atoms with van der Waals surface area (Å²) < 4.78 is 1.83. The zero-order chi connectivity index (χ0) is 26.9. The highest BCUT2D eigenvalue weighted by Gasteiger charge is 2.28. The first-order valence-corrected chi connectivity index (χ1v) is 14.2. The van der Waals surface area contributed by atoms with Crippen LogP contribution in [-0.2, 0) is 13.0 Å². The van der Waals surface area contributed by atoms with Crippen molar-refractivity contribution in [1.29, 1.82) is 0 Å². The van der Waals surface area contributed by atoms with Crippen LogP contribution in [0.3, 0.4) is 0 Å². The number of benzene rings is 2. The number of hydrogen-bond donors (Lipinski definition) is 2. The molecular weight excluding hydrogens is 484 g/mol. The Morgan fingerprint density at radius 1 is 1.05 bits per heavy atom. The lowest BCUT2D eigenvalue weighted by atomic mass is 9.95. The van der Waals surface area contributed by atoms with E-state index < -0.39 is 0 Å². The van der Waals surface area contributed by atoms with Gasteiger partial charge in [0.25, 0.3) is 5.56 Å². The van der Waals surface area contributed by atoms with Crippen LogP contribution in [0.5, 0.6) is 0 Å². The second-order valence-corrected chi connectivity index (χ2v) is 11.5. The summed E-state index contributed by atoms with van der Waals surface area (Å²) in [5.41, 5.74) is 7.26. The third-order valence-electron chi connectivity index (χ3n) is 8.01. The van der Waals surface area contributed by atoms with E-state index in [-0.39, 0.29) is 5.56 Å². The lowest BCUT2D eigenvalue weighted by Crippen LogP contribution is -2.28. The average molecular weight is 523 g/mol. The highest BCUT2D eigenvalue weighted by atomic mass is 16.1. The zero-order valence-electron chi connectivity index (χ0n) is 23.2. The molecule has 1 atom stereocenters. The number of nitrogens with zero attached hydrogens (tertiary/aromatic N) is 4. The minimum Gasteiger partial charge on any atom is -0.324 e. The fourth-order valence-corrected chi connectivity index (χ4v) is 5.65. The van der Waals surface area contributed by atoms with Gasteiger partial charge in [-0.05, 0) is 107 Å². The van der Waals surface area contributed by atoms with Gasteiger partial charge in [0, 0.05) is 35.9 Å². The van der Waals surface area contributed by atoms with Crippen molar-refractivity contribution in [3.63, 3.8) is 0 Å². The number of hydrogen-bond acceptors (Lipinski definition) is 6. The van der Waals surface area contributed by atoms with Crippen LogP contribution in [-0.4, -0.2) is 53.2 Å². The molecule has 2 fully saturated rings. The smallest absolute Gasteiger partial charge is 0.260 e. The SMILES string of the molecule is Cc1ccc(-c2cc3cnc(Nc4ccc(CC5CCNC5)cc4)nc3n(CCN(C)C)c2=O)c(C2CC2)c1. The van der Waals surface area contributed by atoms with Crippen LogP contribution in [0, 0.1) is 12.8 Å². The van der Waals surface area contributed by atoms with E-state index in [0.29, 0.717) is 24.1 Å². The van der Waals surface area contributed by atoms with Crippen molar-refractivity contribution >= 4 is 22.7 Å². The summed E-state index contributed by atoms with van der Waals surface area (Å²) >= 11 is 0. The predicted molar refractivity (Wildman–Crippen MR) is 159 cm³/mol. The van der Waals surface area contributed by atoms with E-state index in [9.17, 15) is 4.79 Å². The van der Waals surface area contributed by atoms with E-state index in [1.54, 1.807) is 0 Å². The molecule has 1 saturated heterocycles. The van der Waals surface area contributed by atoms with Crippen LogP contribution in [0.2, 0.25) is 0 Å². The van der Waals surface area contributed by atoms with Gasteiger partial charge in [-0.3, -0.25) is 9.36 Å². The number of aromatic nitrogens is 3. The molecule has 202 valence electrons. The summed E-state index contributed by atoms with van der Waals surface area (Å²) in [5.74, 6) is 1.76. The largest absolute Gasteiger partial charge is 0.324 e. The van der Waals surface area contributed by atoms with Gasteiger partial charge in [0.2, 0.25) is 5.95 Å². The number of pyridine rings is 1. The Labute approximate surface area is 230 Å². The van der Waals surface area contributed by atoms with E-state index in [1.807, 2.05) is 30.9 Å². The van der Waals surface area contributed by atoms with Crippen molar-refractivity contribution < 1.29 is 0 Å². The molecule has 1 aliphatic heterocycles. The van der Waals surface area contributed by atoms with Crippen LogP contribution in [0.4, 0.5) is 11.6 Å². The molecule has 2 aliphatic rings. The molecule has 7 nitrogen and oxygen atoms in total. The maximum Gasteiger partial charge on any atom is 0.260 e. The number of aryl methyl sites for hydroxylation is 1. The van der Waals surface area contributed by atoms with Gasteiger partial charge in [0.15, 0.2) is 0 Å². The molecule has 6 rings (SSSR count). The highest BCUT2D eigenvalue weighted by Crippen LogP contribution is 2.44. The minimum atomic E-state index is 0.00510. The Morgan fingerprint density at radius 3 is 2.59 bits per heavy atom. The second kappa shape index (κ2) is 10.9. The standard InChI is InChI=1S/C32H38N6O/c1-21-4-11-27(28(16-21)24-7-8-24)29-18-25-20-34-32(36-30(25)38(31(29)39)15-14-37(2)3)35-26-9-5-22(6-10-26)17-23-12-13-33-19-23/h4-6,9-11,16,18,20,23-24,33H,7-8,12-15,17,19H2,1-3H3,(H,34,35,36). The molecule has 7 heteroatoms. The van der Waals surface area contributed by atoms with Gasteiger partial charge in [-0.25, -0.2) is 4.98 Å². The number of nitrogens with one attached hydrogen (secondary N) is 2. The molecule has 2 aromatic heterocycles. The summed E-state index contributed by atoms with van der Waals surface area (Å²) in [5, 5.41) is 7.67.